The lowest BCUT2D eigenvalue weighted by molar-refractivity contribution is -0.127. The Morgan fingerprint density at radius 3 is 2.55 bits per heavy atom. The molecule has 29 heavy (non-hydrogen) atoms. The molecule has 3 rings (SSSR count). The molecule has 7 nitrogen and oxygen atoms in total. The van der Waals surface area contributed by atoms with E-state index in [1.807, 2.05) is 13.0 Å². The number of ether oxygens (including phenoxy) is 1. The van der Waals surface area contributed by atoms with Crippen LogP contribution in [0.5, 0.6) is 5.75 Å². The minimum absolute atomic E-state index is 0.0177. The number of rotatable bonds is 7. The number of benzene rings is 2. The quantitative estimate of drug-likeness (QED) is 0.598. The van der Waals surface area contributed by atoms with Gasteiger partial charge >= 0.3 is 5.63 Å². The summed E-state index contributed by atoms with van der Waals surface area (Å²) in [5.41, 5.74) is 7.14. The van der Waals surface area contributed by atoms with Gasteiger partial charge in [0.15, 0.2) is 0 Å². The van der Waals surface area contributed by atoms with Crippen molar-refractivity contribution in [2.45, 2.75) is 25.8 Å². The SMILES string of the molecule is COc1ccc2c(C)c(CCC(=O)NC(C(N)=O)c3ccccc3)c(=O)oc2c1. The number of aryl methyl sites for hydroxylation is 1. The van der Waals surface area contributed by atoms with Gasteiger partial charge in [-0.3, -0.25) is 9.59 Å². The maximum Gasteiger partial charge on any atom is 0.339 e. The highest BCUT2D eigenvalue weighted by Crippen LogP contribution is 2.24. The van der Waals surface area contributed by atoms with Gasteiger partial charge in [0.25, 0.3) is 0 Å². The molecule has 0 saturated carbocycles. The molecule has 0 aliphatic carbocycles. The van der Waals surface area contributed by atoms with Gasteiger partial charge in [-0.2, -0.15) is 0 Å². The number of methoxy groups -OCH3 is 1. The fourth-order valence-corrected chi connectivity index (χ4v) is 3.23. The standard InChI is InChI=1S/C22H22N2O5/c1-13-16-9-8-15(28-2)12-18(16)29-22(27)17(13)10-11-19(25)24-20(21(23)26)14-6-4-3-5-7-14/h3-9,12,20H,10-11H2,1-2H3,(H2,23,26)(H,24,25). The van der Waals surface area contributed by atoms with Crippen LogP contribution in [0.2, 0.25) is 0 Å². The molecule has 2 amide bonds. The van der Waals surface area contributed by atoms with Crippen molar-refractivity contribution in [2.75, 3.05) is 7.11 Å². The van der Waals surface area contributed by atoms with E-state index in [9.17, 15) is 14.4 Å². The maximum absolute atomic E-state index is 12.4. The smallest absolute Gasteiger partial charge is 0.339 e. The molecule has 0 radical (unpaired) electrons. The Morgan fingerprint density at radius 2 is 1.90 bits per heavy atom. The molecule has 0 spiro atoms. The summed E-state index contributed by atoms with van der Waals surface area (Å²) < 4.78 is 10.5. The van der Waals surface area contributed by atoms with E-state index in [0.717, 1.165) is 10.9 Å². The zero-order chi connectivity index (χ0) is 21.0. The number of carbonyl (C=O) groups is 2. The molecule has 0 aliphatic heterocycles. The number of nitrogens with one attached hydrogen (secondary N) is 1. The first-order valence-electron chi connectivity index (χ1n) is 9.14. The van der Waals surface area contributed by atoms with Crippen molar-refractivity contribution < 1.29 is 18.7 Å². The molecule has 0 aliphatic rings. The van der Waals surface area contributed by atoms with Crippen molar-refractivity contribution in [3.8, 4) is 5.75 Å². The van der Waals surface area contributed by atoms with Gasteiger partial charge in [0, 0.05) is 23.4 Å². The lowest BCUT2D eigenvalue weighted by atomic mass is 10.0. The predicted octanol–water partition coefficient (Wildman–Crippen LogP) is 2.39. The van der Waals surface area contributed by atoms with Crippen LogP contribution in [0.4, 0.5) is 0 Å². The van der Waals surface area contributed by atoms with Crippen LogP contribution in [-0.2, 0) is 16.0 Å². The van der Waals surface area contributed by atoms with Crippen molar-refractivity contribution in [3.05, 3.63) is 75.6 Å². The summed E-state index contributed by atoms with van der Waals surface area (Å²) in [7, 11) is 1.54. The second kappa shape index (κ2) is 8.60. The van der Waals surface area contributed by atoms with Crippen molar-refractivity contribution >= 4 is 22.8 Å². The minimum Gasteiger partial charge on any atom is -0.497 e. The van der Waals surface area contributed by atoms with Gasteiger partial charge in [-0.1, -0.05) is 30.3 Å². The van der Waals surface area contributed by atoms with Gasteiger partial charge < -0.3 is 20.2 Å². The molecule has 1 atom stereocenters. The largest absolute Gasteiger partial charge is 0.497 e. The van der Waals surface area contributed by atoms with Crippen LogP contribution in [-0.4, -0.2) is 18.9 Å². The molecular weight excluding hydrogens is 372 g/mol. The average Bonchev–Trinajstić information content (AvgIpc) is 2.71. The van der Waals surface area contributed by atoms with Gasteiger partial charge in [0.2, 0.25) is 11.8 Å². The zero-order valence-electron chi connectivity index (χ0n) is 16.2. The fourth-order valence-electron chi connectivity index (χ4n) is 3.23. The first-order valence-corrected chi connectivity index (χ1v) is 9.14. The Balaban J connectivity index is 1.77. The predicted molar refractivity (Wildman–Crippen MR) is 109 cm³/mol. The van der Waals surface area contributed by atoms with Crippen LogP contribution in [0.15, 0.2) is 57.7 Å². The summed E-state index contributed by atoms with van der Waals surface area (Å²) in [4.78, 5) is 36.6. The Bertz CT molecular complexity index is 1110. The number of hydrogen-bond donors (Lipinski definition) is 2. The van der Waals surface area contributed by atoms with Crippen molar-refractivity contribution in [3.63, 3.8) is 0 Å². The summed E-state index contributed by atoms with van der Waals surface area (Å²) >= 11 is 0. The summed E-state index contributed by atoms with van der Waals surface area (Å²) in [6.07, 6.45) is 0.201. The molecule has 3 aromatic rings. The van der Waals surface area contributed by atoms with E-state index in [1.54, 1.807) is 42.5 Å². The van der Waals surface area contributed by atoms with E-state index in [0.29, 0.717) is 22.5 Å². The van der Waals surface area contributed by atoms with E-state index in [4.69, 9.17) is 14.9 Å². The average molecular weight is 394 g/mol. The second-order valence-corrected chi connectivity index (χ2v) is 6.67. The normalized spacial score (nSPS) is 11.8. The Labute approximate surface area is 167 Å². The van der Waals surface area contributed by atoms with Crippen molar-refractivity contribution in [1.82, 2.24) is 5.32 Å². The molecule has 0 fully saturated rings. The summed E-state index contributed by atoms with van der Waals surface area (Å²) in [5, 5.41) is 3.41. The first-order chi connectivity index (χ1) is 13.9. The van der Waals surface area contributed by atoms with Crippen LogP contribution in [0.25, 0.3) is 11.0 Å². The number of primary amides is 1. The third kappa shape index (κ3) is 4.45. The highest BCUT2D eigenvalue weighted by Gasteiger charge is 2.20. The number of amides is 2. The number of hydrogen-bond acceptors (Lipinski definition) is 5. The lowest BCUT2D eigenvalue weighted by Crippen LogP contribution is -2.37. The van der Waals surface area contributed by atoms with Gasteiger partial charge in [0.1, 0.15) is 17.4 Å². The molecule has 1 unspecified atom stereocenters. The molecule has 1 aromatic heterocycles. The molecule has 1 heterocycles. The van der Waals surface area contributed by atoms with E-state index in [1.165, 1.54) is 7.11 Å². The van der Waals surface area contributed by atoms with Gasteiger partial charge in [-0.25, -0.2) is 4.79 Å². The third-order valence-electron chi connectivity index (χ3n) is 4.82. The second-order valence-electron chi connectivity index (χ2n) is 6.67. The maximum atomic E-state index is 12.4. The Hall–Kier alpha value is -3.61. The molecule has 0 saturated heterocycles. The van der Waals surface area contributed by atoms with Crippen LogP contribution < -0.4 is 21.4 Å². The van der Waals surface area contributed by atoms with Crippen molar-refractivity contribution in [1.29, 1.82) is 0 Å². The number of fused-ring (bicyclic) bond motifs is 1. The van der Waals surface area contributed by atoms with Crippen molar-refractivity contribution in [2.24, 2.45) is 5.73 Å². The summed E-state index contributed by atoms with van der Waals surface area (Å²) in [6.45, 7) is 1.81. The highest BCUT2D eigenvalue weighted by atomic mass is 16.5. The Morgan fingerprint density at radius 1 is 1.17 bits per heavy atom. The molecular formula is C22H22N2O5. The Kier molecular flexibility index (Phi) is 5.97. The number of nitrogens with two attached hydrogens (primary N) is 1. The number of carbonyl (C=O) groups excluding carboxylic acids is 2. The summed E-state index contributed by atoms with van der Waals surface area (Å²) in [5.74, 6) is -0.447. The monoisotopic (exact) mass is 394 g/mol. The van der Waals surface area contributed by atoms with Crippen LogP contribution in [0.1, 0.15) is 29.2 Å². The van der Waals surface area contributed by atoms with E-state index < -0.39 is 17.6 Å². The van der Waals surface area contributed by atoms with Gasteiger partial charge in [-0.05, 0) is 36.6 Å². The molecule has 0 bridgehead atoms. The van der Waals surface area contributed by atoms with Crippen LogP contribution in [0, 0.1) is 6.92 Å². The fraction of sp³-hybridized carbons (Fsp3) is 0.227. The summed E-state index contributed by atoms with van der Waals surface area (Å²) in [6, 6.07) is 13.1. The lowest BCUT2D eigenvalue weighted by Gasteiger charge is -2.16. The van der Waals surface area contributed by atoms with E-state index in [-0.39, 0.29) is 18.7 Å². The van der Waals surface area contributed by atoms with Gasteiger partial charge in [-0.15, -0.1) is 0 Å². The van der Waals surface area contributed by atoms with Crippen LogP contribution >= 0.6 is 0 Å². The molecule has 150 valence electrons. The molecule has 3 N–H and O–H groups in total. The highest BCUT2D eigenvalue weighted by molar-refractivity contribution is 5.88. The zero-order valence-corrected chi connectivity index (χ0v) is 16.2. The minimum atomic E-state index is -0.926. The van der Waals surface area contributed by atoms with E-state index >= 15 is 0 Å². The van der Waals surface area contributed by atoms with Crippen LogP contribution in [0.3, 0.4) is 0 Å². The van der Waals surface area contributed by atoms with E-state index in [2.05, 4.69) is 5.32 Å². The third-order valence-corrected chi connectivity index (χ3v) is 4.82. The first kappa shape index (κ1) is 20.1. The molecule has 2 aromatic carbocycles. The van der Waals surface area contributed by atoms with Gasteiger partial charge in [0.05, 0.1) is 7.11 Å². The molecule has 7 heteroatoms. The topological polar surface area (TPSA) is 112 Å².